The molecule has 1 aliphatic rings. The summed E-state index contributed by atoms with van der Waals surface area (Å²) in [5.74, 6) is 1.11. The Morgan fingerprint density at radius 2 is 2.20 bits per heavy atom. The Hall–Kier alpha value is -2.11. The van der Waals surface area contributed by atoms with Gasteiger partial charge < -0.3 is 10.1 Å². The first-order valence-corrected chi connectivity index (χ1v) is 7.00. The van der Waals surface area contributed by atoms with Gasteiger partial charge >= 0.3 is 0 Å². The van der Waals surface area contributed by atoms with E-state index < -0.39 is 0 Å². The third-order valence-electron chi connectivity index (χ3n) is 3.63. The molecule has 0 aromatic carbocycles. The van der Waals surface area contributed by atoms with E-state index in [0.717, 1.165) is 5.69 Å². The van der Waals surface area contributed by atoms with Crippen LogP contribution in [0.15, 0.2) is 24.5 Å². The number of nitrogens with zero attached hydrogens (tertiary/aromatic N) is 4. The molecule has 0 bridgehead atoms. The van der Waals surface area contributed by atoms with Gasteiger partial charge in [0.1, 0.15) is 0 Å². The second-order valence-electron chi connectivity index (χ2n) is 5.00. The molecule has 0 unspecified atom stereocenters. The van der Waals surface area contributed by atoms with Gasteiger partial charge in [-0.15, -0.1) is 0 Å². The number of aromatic nitrogens is 4. The quantitative estimate of drug-likeness (QED) is 0.906. The molecule has 1 N–H and O–H groups in total. The summed E-state index contributed by atoms with van der Waals surface area (Å²) in [5, 5.41) is 7.78. The lowest BCUT2D eigenvalue weighted by Crippen LogP contribution is -2.08. The number of methoxy groups -OCH3 is 1. The van der Waals surface area contributed by atoms with Crippen LogP contribution >= 0.6 is 0 Å². The molecule has 1 aliphatic carbocycles. The van der Waals surface area contributed by atoms with Crippen LogP contribution in [0.25, 0.3) is 0 Å². The number of hydrogen-bond acceptors (Lipinski definition) is 5. The number of nitrogens with one attached hydrogen (secondary N) is 1. The molecule has 0 radical (unpaired) electrons. The molecule has 106 valence electrons. The van der Waals surface area contributed by atoms with E-state index in [0.29, 0.717) is 24.4 Å². The maximum atomic E-state index is 5.07. The molecular weight excluding hydrogens is 254 g/mol. The molecular formula is C14H19N5O. The molecule has 0 aliphatic heterocycles. The Labute approximate surface area is 118 Å². The predicted molar refractivity (Wildman–Crippen MR) is 75.6 cm³/mol. The zero-order valence-corrected chi connectivity index (χ0v) is 11.6. The van der Waals surface area contributed by atoms with Crippen LogP contribution in [0.3, 0.4) is 0 Å². The van der Waals surface area contributed by atoms with Gasteiger partial charge in [-0.3, -0.25) is 4.68 Å². The fourth-order valence-electron chi connectivity index (χ4n) is 2.55. The van der Waals surface area contributed by atoms with Crippen LogP contribution in [0.2, 0.25) is 0 Å². The van der Waals surface area contributed by atoms with Crippen molar-refractivity contribution in [2.45, 2.75) is 38.3 Å². The minimum absolute atomic E-state index is 0.555. The summed E-state index contributed by atoms with van der Waals surface area (Å²) in [4.78, 5) is 8.36. The molecule has 0 amide bonds. The van der Waals surface area contributed by atoms with Gasteiger partial charge in [0.15, 0.2) is 0 Å². The fraction of sp³-hybridized carbons (Fsp3) is 0.500. The Balaban J connectivity index is 1.60. The van der Waals surface area contributed by atoms with Gasteiger partial charge in [-0.2, -0.15) is 10.1 Å². The van der Waals surface area contributed by atoms with E-state index in [1.165, 1.54) is 25.7 Å². The molecule has 20 heavy (non-hydrogen) atoms. The van der Waals surface area contributed by atoms with Crippen molar-refractivity contribution < 1.29 is 4.74 Å². The van der Waals surface area contributed by atoms with E-state index in [4.69, 9.17) is 4.74 Å². The standard InChI is InChI=1S/C14H19N5O/c1-20-13-6-8-15-14(17-13)16-10-11-7-9-19(18-11)12-4-2-3-5-12/h6-9,12H,2-5,10H2,1H3,(H,15,16,17). The van der Waals surface area contributed by atoms with Crippen LogP contribution in [0, 0.1) is 0 Å². The highest BCUT2D eigenvalue weighted by Gasteiger charge is 2.17. The first kappa shape index (κ1) is 12.9. The first-order chi connectivity index (χ1) is 9.85. The van der Waals surface area contributed by atoms with Crippen LogP contribution in [0.1, 0.15) is 37.4 Å². The maximum Gasteiger partial charge on any atom is 0.226 e. The Morgan fingerprint density at radius 1 is 1.35 bits per heavy atom. The predicted octanol–water partition coefficient (Wildman–Crippen LogP) is 2.41. The topological polar surface area (TPSA) is 64.9 Å². The molecule has 2 heterocycles. The van der Waals surface area contributed by atoms with Gasteiger partial charge in [-0.25, -0.2) is 4.98 Å². The summed E-state index contributed by atoms with van der Waals surface area (Å²) in [5.41, 5.74) is 1.00. The van der Waals surface area contributed by atoms with Crippen molar-refractivity contribution in [3.8, 4) is 5.88 Å². The minimum Gasteiger partial charge on any atom is -0.481 e. The minimum atomic E-state index is 0.555. The van der Waals surface area contributed by atoms with E-state index in [-0.39, 0.29) is 0 Å². The second-order valence-corrected chi connectivity index (χ2v) is 5.00. The van der Waals surface area contributed by atoms with Crippen molar-refractivity contribution in [3.05, 3.63) is 30.2 Å². The van der Waals surface area contributed by atoms with E-state index >= 15 is 0 Å². The van der Waals surface area contributed by atoms with Crippen molar-refractivity contribution in [1.29, 1.82) is 0 Å². The zero-order chi connectivity index (χ0) is 13.8. The van der Waals surface area contributed by atoms with Crippen molar-refractivity contribution in [1.82, 2.24) is 19.7 Å². The Bertz CT molecular complexity index is 562. The molecule has 6 heteroatoms. The molecule has 2 aromatic rings. The van der Waals surface area contributed by atoms with Gasteiger partial charge in [0.05, 0.1) is 25.4 Å². The maximum absolute atomic E-state index is 5.07. The van der Waals surface area contributed by atoms with E-state index in [1.54, 1.807) is 19.4 Å². The summed E-state index contributed by atoms with van der Waals surface area (Å²) >= 11 is 0. The highest BCUT2D eigenvalue weighted by molar-refractivity contribution is 5.28. The molecule has 1 fully saturated rings. The average Bonchev–Trinajstić information content (AvgIpc) is 3.16. The molecule has 0 saturated heterocycles. The van der Waals surface area contributed by atoms with Gasteiger partial charge in [0, 0.05) is 18.5 Å². The van der Waals surface area contributed by atoms with Gasteiger partial charge in [0.2, 0.25) is 11.8 Å². The fourth-order valence-corrected chi connectivity index (χ4v) is 2.55. The second kappa shape index (κ2) is 5.90. The zero-order valence-electron chi connectivity index (χ0n) is 11.6. The van der Waals surface area contributed by atoms with Crippen LogP contribution in [-0.4, -0.2) is 26.9 Å². The smallest absolute Gasteiger partial charge is 0.226 e. The van der Waals surface area contributed by atoms with Crippen LogP contribution < -0.4 is 10.1 Å². The lowest BCUT2D eigenvalue weighted by Gasteiger charge is -2.09. The average molecular weight is 273 g/mol. The first-order valence-electron chi connectivity index (χ1n) is 7.00. The molecule has 0 spiro atoms. The summed E-state index contributed by atoms with van der Waals surface area (Å²) in [6.45, 7) is 0.618. The van der Waals surface area contributed by atoms with E-state index in [1.807, 2.05) is 6.07 Å². The lowest BCUT2D eigenvalue weighted by atomic mass is 10.3. The van der Waals surface area contributed by atoms with E-state index in [2.05, 4.69) is 31.3 Å². The molecule has 6 nitrogen and oxygen atoms in total. The number of anilines is 1. The molecule has 1 saturated carbocycles. The largest absolute Gasteiger partial charge is 0.481 e. The summed E-state index contributed by atoms with van der Waals surface area (Å²) < 4.78 is 7.16. The molecule has 3 rings (SSSR count). The van der Waals surface area contributed by atoms with Crippen molar-refractivity contribution in [2.75, 3.05) is 12.4 Å². The lowest BCUT2D eigenvalue weighted by molar-refractivity contribution is 0.397. The summed E-state index contributed by atoms with van der Waals surface area (Å²) in [6.07, 6.45) is 8.86. The van der Waals surface area contributed by atoms with Gasteiger partial charge in [-0.1, -0.05) is 12.8 Å². The third-order valence-corrected chi connectivity index (χ3v) is 3.63. The third kappa shape index (κ3) is 2.89. The molecule has 2 aromatic heterocycles. The van der Waals surface area contributed by atoms with Crippen molar-refractivity contribution in [2.24, 2.45) is 0 Å². The van der Waals surface area contributed by atoms with Crippen molar-refractivity contribution in [3.63, 3.8) is 0 Å². The Kier molecular flexibility index (Phi) is 3.80. The number of hydrogen-bond donors (Lipinski definition) is 1. The number of ether oxygens (including phenoxy) is 1. The van der Waals surface area contributed by atoms with Gasteiger partial charge in [0.25, 0.3) is 0 Å². The van der Waals surface area contributed by atoms with Crippen LogP contribution in [0.5, 0.6) is 5.88 Å². The van der Waals surface area contributed by atoms with Gasteiger partial charge in [-0.05, 0) is 18.9 Å². The van der Waals surface area contributed by atoms with Crippen LogP contribution in [-0.2, 0) is 6.54 Å². The van der Waals surface area contributed by atoms with E-state index in [9.17, 15) is 0 Å². The normalized spacial score (nSPS) is 15.4. The SMILES string of the molecule is COc1ccnc(NCc2ccn(C3CCCC3)n2)n1. The molecule has 0 atom stereocenters. The highest BCUT2D eigenvalue weighted by atomic mass is 16.5. The summed E-state index contributed by atoms with van der Waals surface area (Å²) in [7, 11) is 1.59. The highest BCUT2D eigenvalue weighted by Crippen LogP contribution is 2.28. The monoisotopic (exact) mass is 273 g/mol. The Morgan fingerprint density at radius 3 is 3.00 bits per heavy atom. The van der Waals surface area contributed by atoms with Crippen molar-refractivity contribution >= 4 is 5.95 Å². The summed E-state index contributed by atoms with van der Waals surface area (Å²) in [6, 6.07) is 4.35. The van der Waals surface area contributed by atoms with Crippen LogP contribution in [0.4, 0.5) is 5.95 Å². The number of rotatable bonds is 5.